The smallest absolute Gasteiger partial charge is 0.337 e. The molecule has 0 aliphatic carbocycles. The summed E-state index contributed by atoms with van der Waals surface area (Å²) >= 11 is 0. The molecule has 0 spiro atoms. The predicted molar refractivity (Wildman–Crippen MR) is 105 cm³/mol. The highest BCUT2D eigenvalue weighted by atomic mass is 16.5. The Morgan fingerprint density at radius 2 is 1.81 bits per heavy atom. The van der Waals surface area contributed by atoms with Crippen LogP contribution in [0.15, 0.2) is 66.7 Å². The van der Waals surface area contributed by atoms with Gasteiger partial charge in [-0.15, -0.1) is 0 Å². The minimum absolute atomic E-state index is 0.0724. The van der Waals surface area contributed by atoms with E-state index in [2.05, 4.69) is 22.8 Å². The summed E-state index contributed by atoms with van der Waals surface area (Å²) in [5.74, 6) is 0.650. The van der Waals surface area contributed by atoms with Gasteiger partial charge in [-0.05, 0) is 29.8 Å². The van der Waals surface area contributed by atoms with Crippen LogP contribution >= 0.6 is 0 Å². The fourth-order valence-corrected chi connectivity index (χ4v) is 4.05. The van der Waals surface area contributed by atoms with Crippen molar-refractivity contribution in [3.05, 3.63) is 77.9 Å². The number of hydrogen-bond acceptors (Lipinski definition) is 3. The summed E-state index contributed by atoms with van der Waals surface area (Å²) in [6.45, 7) is 0.726. The zero-order valence-corrected chi connectivity index (χ0v) is 15.0. The van der Waals surface area contributed by atoms with E-state index in [-0.39, 0.29) is 12.1 Å². The summed E-state index contributed by atoms with van der Waals surface area (Å²) in [6.07, 6.45) is 0.962. The van der Waals surface area contributed by atoms with Crippen molar-refractivity contribution >= 4 is 27.8 Å². The molecule has 0 N–H and O–H groups in total. The number of methoxy groups -OCH3 is 1. The number of ether oxygens (including phenoxy) is 2. The lowest BCUT2D eigenvalue weighted by Crippen LogP contribution is -2.20. The van der Waals surface area contributed by atoms with Crippen LogP contribution in [0.1, 0.15) is 15.9 Å². The third-order valence-corrected chi connectivity index (χ3v) is 5.29. The highest BCUT2D eigenvalue weighted by Crippen LogP contribution is 2.33. The van der Waals surface area contributed by atoms with Crippen molar-refractivity contribution < 1.29 is 14.3 Å². The van der Waals surface area contributed by atoms with Crippen LogP contribution in [0.4, 0.5) is 0 Å². The number of carbonyl (C=O) groups excluding carboxylic acids is 1. The van der Waals surface area contributed by atoms with Gasteiger partial charge in [0, 0.05) is 22.7 Å². The quantitative estimate of drug-likeness (QED) is 0.504. The van der Waals surface area contributed by atoms with E-state index in [1.807, 2.05) is 48.5 Å². The summed E-state index contributed by atoms with van der Waals surface area (Å²) in [6, 6.07) is 22.3. The normalized spacial score (nSPS) is 15.7. The van der Waals surface area contributed by atoms with Crippen molar-refractivity contribution in [1.82, 2.24) is 4.57 Å². The molecule has 134 valence electrons. The Morgan fingerprint density at radius 3 is 2.67 bits per heavy atom. The molecule has 1 atom stereocenters. The first-order chi connectivity index (χ1) is 13.2. The summed E-state index contributed by atoms with van der Waals surface area (Å²) in [5.41, 5.74) is 3.98. The van der Waals surface area contributed by atoms with Crippen LogP contribution in [0.5, 0.6) is 5.75 Å². The molecule has 0 radical (unpaired) electrons. The fourth-order valence-electron chi connectivity index (χ4n) is 4.05. The van der Waals surface area contributed by atoms with Crippen molar-refractivity contribution in [2.45, 2.75) is 19.1 Å². The molecule has 1 aromatic heterocycles. The van der Waals surface area contributed by atoms with Crippen molar-refractivity contribution in [3.8, 4) is 5.75 Å². The number of esters is 1. The average Bonchev–Trinajstić information content (AvgIpc) is 3.26. The number of aromatic nitrogens is 1. The molecule has 2 heterocycles. The van der Waals surface area contributed by atoms with Crippen LogP contribution < -0.4 is 4.74 Å². The number of rotatable bonds is 3. The van der Waals surface area contributed by atoms with Crippen LogP contribution in [0.2, 0.25) is 0 Å². The van der Waals surface area contributed by atoms with Crippen molar-refractivity contribution in [1.29, 1.82) is 0 Å². The molecule has 4 aromatic rings. The monoisotopic (exact) mass is 357 g/mol. The Labute approximate surface area is 156 Å². The second-order valence-electron chi connectivity index (χ2n) is 6.90. The molecule has 0 bridgehead atoms. The van der Waals surface area contributed by atoms with Crippen molar-refractivity contribution in [2.24, 2.45) is 0 Å². The SMILES string of the molecule is COC(=O)c1ccc2c3ccccc3n(CC3Cc4ccccc4O3)c2c1. The molecule has 5 rings (SSSR count). The molecule has 0 saturated carbocycles. The average molecular weight is 357 g/mol. The molecule has 27 heavy (non-hydrogen) atoms. The fraction of sp³-hybridized carbons (Fsp3) is 0.174. The molecule has 1 aliphatic rings. The third kappa shape index (κ3) is 2.56. The van der Waals surface area contributed by atoms with E-state index >= 15 is 0 Å². The highest BCUT2D eigenvalue weighted by molar-refractivity contribution is 6.09. The Bertz CT molecular complexity index is 1150. The number of fused-ring (bicyclic) bond motifs is 4. The van der Waals surface area contributed by atoms with Crippen LogP contribution in [0, 0.1) is 0 Å². The lowest BCUT2D eigenvalue weighted by atomic mass is 10.1. The van der Waals surface area contributed by atoms with E-state index < -0.39 is 0 Å². The van der Waals surface area contributed by atoms with Crippen LogP contribution in [-0.2, 0) is 17.7 Å². The Hall–Kier alpha value is -3.27. The maximum atomic E-state index is 12.0. The van der Waals surface area contributed by atoms with Gasteiger partial charge < -0.3 is 14.0 Å². The number of para-hydroxylation sites is 2. The van der Waals surface area contributed by atoms with Crippen molar-refractivity contribution in [3.63, 3.8) is 0 Å². The molecule has 4 heteroatoms. The largest absolute Gasteiger partial charge is 0.488 e. The summed E-state index contributed by atoms with van der Waals surface area (Å²) in [4.78, 5) is 12.0. The lowest BCUT2D eigenvalue weighted by Gasteiger charge is -2.14. The molecule has 3 aromatic carbocycles. The zero-order chi connectivity index (χ0) is 18.4. The van der Waals surface area contributed by atoms with Gasteiger partial charge in [-0.3, -0.25) is 0 Å². The second-order valence-corrected chi connectivity index (χ2v) is 6.90. The molecule has 1 unspecified atom stereocenters. The van der Waals surface area contributed by atoms with Gasteiger partial charge in [0.2, 0.25) is 0 Å². The molecular formula is C23H19NO3. The summed E-state index contributed by atoms with van der Waals surface area (Å²) in [5, 5.41) is 2.31. The molecular weight excluding hydrogens is 338 g/mol. The Kier molecular flexibility index (Phi) is 3.64. The van der Waals surface area contributed by atoms with E-state index in [0.717, 1.165) is 35.1 Å². The maximum absolute atomic E-state index is 12.0. The number of carbonyl (C=O) groups is 1. The summed E-state index contributed by atoms with van der Waals surface area (Å²) in [7, 11) is 1.41. The molecule has 0 fully saturated rings. The molecule has 1 aliphatic heterocycles. The molecule has 4 nitrogen and oxygen atoms in total. The van der Waals surface area contributed by atoms with E-state index in [0.29, 0.717) is 5.56 Å². The number of benzene rings is 3. The first-order valence-corrected chi connectivity index (χ1v) is 9.08. The minimum atomic E-state index is -0.321. The standard InChI is InChI=1S/C23H19NO3/c1-26-23(25)16-10-11-19-18-7-3-4-8-20(18)24(21(19)13-16)14-17-12-15-6-2-5-9-22(15)27-17/h2-11,13,17H,12,14H2,1H3. The van der Waals surface area contributed by atoms with Gasteiger partial charge in [0.05, 0.1) is 24.7 Å². The van der Waals surface area contributed by atoms with E-state index in [1.165, 1.54) is 18.1 Å². The topological polar surface area (TPSA) is 40.5 Å². The highest BCUT2D eigenvalue weighted by Gasteiger charge is 2.24. The Morgan fingerprint density at radius 1 is 1.04 bits per heavy atom. The van der Waals surface area contributed by atoms with Gasteiger partial charge in [-0.2, -0.15) is 0 Å². The van der Waals surface area contributed by atoms with Gasteiger partial charge in [-0.1, -0.05) is 42.5 Å². The third-order valence-electron chi connectivity index (χ3n) is 5.29. The Balaban J connectivity index is 1.62. The number of hydrogen-bond donors (Lipinski definition) is 0. The maximum Gasteiger partial charge on any atom is 0.337 e. The summed E-state index contributed by atoms with van der Waals surface area (Å²) < 4.78 is 13.3. The van der Waals surface area contributed by atoms with Crippen LogP contribution in [-0.4, -0.2) is 23.8 Å². The first-order valence-electron chi connectivity index (χ1n) is 9.08. The van der Waals surface area contributed by atoms with E-state index in [4.69, 9.17) is 9.47 Å². The zero-order valence-electron chi connectivity index (χ0n) is 15.0. The predicted octanol–water partition coefficient (Wildman–Crippen LogP) is 4.58. The minimum Gasteiger partial charge on any atom is -0.488 e. The van der Waals surface area contributed by atoms with Crippen LogP contribution in [0.25, 0.3) is 21.8 Å². The van der Waals surface area contributed by atoms with E-state index in [9.17, 15) is 4.79 Å². The number of nitrogens with zero attached hydrogens (tertiary/aromatic N) is 1. The van der Waals surface area contributed by atoms with Gasteiger partial charge in [0.1, 0.15) is 11.9 Å². The van der Waals surface area contributed by atoms with Gasteiger partial charge in [-0.25, -0.2) is 4.79 Å². The lowest BCUT2D eigenvalue weighted by molar-refractivity contribution is 0.0601. The second kappa shape index (κ2) is 6.16. The van der Waals surface area contributed by atoms with E-state index in [1.54, 1.807) is 0 Å². The van der Waals surface area contributed by atoms with Gasteiger partial charge in [0.15, 0.2) is 0 Å². The van der Waals surface area contributed by atoms with Gasteiger partial charge >= 0.3 is 5.97 Å². The van der Waals surface area contributed by atoms with Crippen molar-refractivity contribution in [2.75, 3.05) is 7.11 Å². The molecule has 0 saturated heterocycles. The first kappa shape index (κ1) is 15.9. The molecule has 0 amide bonds. The van der Waals surface area contributed by atoms with Crippen LogP contribution in [0.3, 0.4) is 0 Å². The van der Waals surface area contributed by atoms with Gasteiger partial charge in [0.25, 0.3) is 0 Å².